The number of aliphatic imine (C=N–C) groups is 1. The van der Waals surface area contributed by atoms with Crippen LogP contribution in [0.1, 0.15) is 18.1 Å². The van der Waals surface area contributed by atoms with Crippen LogP contribution in [0.15, 0.2) is 41.4 Å². The molecule has 2 rings (SSSR count). The van der Waals surface area contributed by atoms with Crippen molar-refractivity contribution in [1.29, 1.82) is 0 Å². The van der Waals surface area contributed by atoms with E-state index in [2.05, 4.69) is 17.2 Å². The minimum atomic E-state index is 0.630. The second kappa shape index (κ2) is 8.23. The zero-order valence-electron chi connectivity index (χ0n) is 13.6. The third-order valence-corrected chi connectivity index (χ3v) is 4.10. The number of nitrogens with one attached hydrogen (secondary N) is 1. The smallest absolute Gasteiger partial charge is 0.0910 e. The van der Waals surface area contributed by atoms with Gasteiger partial charge in [0.2, 0.25) is 0 Å². The Hall–Kier alpha value is -1.71. The first kappa shape index (κ1) is 17.6. The van der Waals surface area contributed by atoms with Crippen molar-refractivity contribution in [3.8, 4) is 0 Å². The molecule has 0 atom stereocenters. The number of anilines is 1. The summed E-state index contributed by atoms with van der Waals surface area (Å²) >= 11 is 12.3. The summed E-state index contributed by atoms with van der Waals surface area (Å²) in [4.78, 5) is 6.43. The first-order valence-electron chi connectivity index (χ1n) is 7.52. The Bertz CT molecular complexity index is 699. The summed E-state index contributed by atoms with van der Waals surface area (Å²) in [5, 5.41) is 4.76. The molecule has 0 saturated heterocycles. The molecule has 0 unspecified atom stereocenters. The Kier molecular flexibility index (Phi) is 6.31. The number of hydrogen-bond donors (Lipinski definition) is 1. The van der Waals surface area contributed by atoms with Gasteiger partial charge in [0.05, 0.1) is 17.0 Å². The molecule has 0 heterocycles. The summed E-state index contributed by atoms with van der Waals surface area (Å²) in [6, 6.07) is 11.7. The highest BCUT2D eigenvalue weighted by Gasteiger charge is 2.05. The van der Waals surface area contributed by atoms with E-state index < -0.39 is 0 Å². The van der Waals surface area contributed by atoms with Crippen molar-refractivity contribution < 1.29 is 0 Å². The highest BCUT2D eigenvalue weighted by Crippen LogP contribution is 2.31. The SMILES string of the molecule is CCN(C)/C=N\c1cc(C)c(NCc2cccc(Cl)c2)cc1Cl. The molecule has 0 bridgehead atoms. The van der Waals surface area contributed by atoms with Crippen LogP contribution in [0, 0.1) is 6.92 Å². The molecule has 0 saturated carbocycles. The van der Waals surface area contributed by atoms with Crippen LogP contribution in [0.2, 0.25) is 10.0 Å². The zero-order valence-corrected chi connectivity index (χ0v) is 15.1. The fraction of sp³-hybridized carbons (Fsp3) is 0.278. The number of rotatable bonds is 6. The van der Waals surface area contributed by atoms with Crippen molar-refractivity contribution in [3.05, 3.63) is 57.6 Å². The van der Waals surface area contributed by atoms with Gasteiger partial charge in [0.25, 0.3) is 0 Å². The summed E-state index contributed by atoms with van der Waals surface area (Å²) in [5.41, 5.74) is 4.00. The fourth-order valence-corrected chi connectivity index (χ4v) is 2.47. The third-order valence-electron chi connectivity index (χ3n) is 3.56. The van der Waals surface area contributed by atoms with Gasteiger partial charge in [-0.05, 0) is 49.2 Å². The molecular weight excluding hydrogens is 329 g/mol. The van der Waals surface area contributed by atoms with Crippen molar-refractivity contribution in [2.24, 2.45) is 4.99 Å². The average Bonchev–Trinajstić information content (AvgIpc) is 2.53. The second-order valence-corrected chi connectivity index (χ2v) is 6.26. The van der Waals surface area contributed by atoms with Crippen LogP contribution in [-0.2, 0) is 6.54 Å². The largest absolute Gasteiger partial charge is 0.381 e. The predicted octanol–water partition coefficient (Wildman–Crippen LogP) is 5.53. The van der Waals surface area contributed by atoms with Crippen molar-refractivity contribution >= 4 is 40.9 Å². The van der Waals surface area contributed by atoms with Crippen LogP contribution in [0.25, 0.3) is 0 Å². The van der Waals surface area contributed by atoms with Gasteiger partial charge in [0.15, 0.2) is 0 Å². The van der Waals surface area contributed by atoms with Crippen LogP contribution in [0.3, 0.4) is 0 Å². The maximum atomic E-state index is 6.34. The molecule has 5 heteroatoms. The Balaban J connectivity index is 2.12. The molecule has 0 aliphatic rings. The van der Waals surface area contributed by atoms with Gasteiger partial charge in [-0.25, -0.2) is 4.99 Å². The van der Waals surface area contributed by atoms with E-state index in [4.69, 9.17) is 23.2 Å². The van der Waals surface area contributed by atoms with Gasteiger partial charge in [0, 0.05) is 30.8 Å². The van der Waals surface area contributed by atoms with Crippen molar-refractivity contribution in [2.45, 2.75) is 20.4 Å². The summed E-state index contributed by atoms with van der Waals surface area (Å²) in [6.07, 6.45) is 1.79. The van der Waals surface area contributed by atoms with Gasteiger partial charge in [-0.2, -0.15) is 0 Å². The Morgan fingerprint density at radius 3 is 2.70 bits per heavy atom. The molecule has 122 valence electrons. The standard InChI is InChI=1S/C18H21Cl2N3/c1-4-23(3)12-22-18-8-13(2)17(10-16(18)20)21-11-14-6-5-7-15(19)9-14/h5-10,12,21H,4,11H2,1-3H3/b22-12-. The Labute approximate surface area is 147 Å². The van der Waals surface area contributed by atoms with Gasteiger partial charge in [-0.1, -0.05) is 35.3 Å². The molecule has 0 aliphatic heterocycles. The molecule has 23 heavy (non-hydrogen) atoms. The molecular formula is C18H21Cl2N3. The quantitative estimate of drug-likeness (QED) is 0.548. The highest BCUT2D eigenvalue weighted by atomic mass is 35.5. The summed E-state index contributed by atoms with van der Waals surface area (Å²) < 4.78 is 0. The van der Waals surface area contributed by atoms with Gasteiger partial charge >= 0.3 is 0 Å². The van der Waals surface area contributed by atoms with E-state index in [1.165, 1.54) is 0 Å². The second-order valence-electron chi connectivity index (χ2n) is 5.42. The molecule has 1 N–H and O–H groups in total. The van der Waals surface area contributed by atoms with E-state index in [0.29, 0.717) is 11.6 Å². The zero-order chi connectivity index (χ0) is 16.8. The van der Waals surface area contributed by atoms with Crippen molar-refractivity contribution in [1.82, 2.24) is 4.90 Å². The monoisotopic (exact) mass is 349 g/mol. The van der Waals surface area contributed by atoms with E-state index in [1.54, 1.807) is 6.34 Å². The molecule has 3 nitrogen and oxygen atoms in total. The normalized spacial score (nSPS) is 11.0. The highest BCUT2D eigenvalue weighted by molar-refractivity contribution is 6.33. The molecule has 0 radical (unpaired) electrons. The number of benzene rings is 2. The predicted molar refractivity (Wildman–Crippen MR) is 101 cm³/mol. The molecule has 0 spiro atoms. The van der Waals surface area contributed by atoms with Crippen LogP contribution in [0.4, 0.5) is 11.4 Å². The van der Waals surface area contributed by atoms with E-state index >= 15 is 0 Å². The maximum Gasteiger partial charge on any atom is 0.0910 e. The minimum Gasteiger partial charge on any atom is -0.381 e. The lowest BCUT2D eigenvalue weighted by molar-refractivity contribution is 0.552. The topological polar surface area (TPSA) is 27.6 Å². The number of hydrogen-bond acceptors (Lipinski definition) is 2. The summed E-state index contributed by atoms with van der Waals surface area (Å²) in [7, 11) is 1.98. The van der Waals surface area contributed by atoms with Gasteiger partial charge in [-0.15, -0.1) is 0 Å². The van der Waals surface area contributed by atoms with Gasteiger partial charge in [0.1, 0.15) is 0 Å². The van der Waals surface area contributed by atoms with Crippen LogP contribution in [-0.4, -0.2) is 24.8 Å². The number of aryl methyl sites for hydroxylation is 1. The first-order valence-corrected chi connectivity index (χ1v) is 8.28. The van der Waals surface area contributed by atoms with Crippen molar-refractivity contribution in [3.63, 3.8) is 0 Å². The fourth-order valence-electron chi connectivity index (χ4n) is 2.04. The van der Waals surface area contributed by atoms with Gasteiger partial charge < -0.3 is 10.2 Å². The third kappa shape index (κ3) is 5.15. The van der Waals surface area contributed by atoms with Crippen LogP contribution >= 0.6 is 23.2 Å². The average molecular weight is 350 g/mol. The molecule has 2 aromatic rings. The lowest BCUT2D eigenvalue weighted by atomic mass is 10.1. The lowest BCUT2D eigenvalue weighted by Crippen LogP contribution is -2.14. The van der Waals surface area contributed by atoms with Crippen LogP contribution < -0.4 is 5.32 Å². The van der Waals surface area contributed by atoms with E-state index in [9.17, 15) is 0 Å². The van der Waals surface area contributed by atoms with Crippen molar-refractivity contribution in [2.75, 3.05) is 18.9 Å². The molecule has 0 aliphatic carbocycles. The van der Waals surface area contributed by atoms with Crippen LogP contribution in [0.5, 0.6) is 0 Å². The molecule has 0 fully saturated rings. The summed E-state index contributed by atoms with van der Waals surface area (Å²) in [6.45, 7) is 5.71. The lowest BCUT2D eigenvalue weighted by Gasteiger charge is -2.13. The number of halogens is 2. The van der Waals surface area contributed by atoms with Gasteiger partial charge in [-0.3, -0.25) is 0 Å². The molecule has 0 amide bonds. The van der Waals surface area contributed by atoms with E-state index in [0.717, 1.165) is 34.1 Å². The molecule has 0 aromatic heterocycles. The van der Waals surface area contributed by atoms with E-state index in [-0.39, 0.29) is 0 Å². The maximum absolute atomic E-state index is 6.34. The Morgan fingerprint density at radius 1 is 1.22 bits per heavy atom. The Morgan fingerprint density at radius 2 is 2.00 bits per heavy atom. The number of nitrogens with zero attached hydrogens (tertiary/aromatic N) is 2. The van der Waals surface area contributed by atoms with E-state index in [1.807, 2.05) is 55.3 Å². The minimum absolute atomic E-state index is 0.630. The molecule has 2 aromatic carbocycles. The summed E-state index contributed by atoms with van der Waals surface area (Å²) in [5.74, 6) is 0. The first-order chi connectivity index (χ1) is 11.0.